The quantitative estimate of drug-likeness (QED) is 0.873. The molecule has 1 aliphatic heterocycles. The Kier molecular flexibility index (Phi) is 4.74. The molecule has 1 aromatic carbocycles. The Morgan fingerprint density at radius 2 is 1.83 bits per heavy atom. The lowest BCUT2D eigenvalue weighted by atomic mass is 10.2. The molecule has 0 aliphatic carbocycles. The molecular formula is C18H23N3O2. The second kappa shape index (κ2) is 6.94. The van der Waals surface area contributed by atoms with Crippen LogP contribution in [0.15, 0.2) is 29.1 Å². The largest absolute Gasteiger partial charge is 0.343 e. The van der Waals surface area contributed by atoms with Gasteiger partial charge in [0.25, 0.3) is 5.56 Å². The molecule has 0 atom stereocenters. The maximum Gasteiger partial charge on any atom is 0.261 e. The van der Waals surface area contributed by atoms with E-state index in [9.17, 15) is 9.59 Å². The van der Waals surface area contributed by atoms with E-state index in [-0.39, 0.29) is 11.5 Å². The highest BCUT2D eigenvalue weighted by Crippen LogP contribution is 2.12. The lowest BCUT2D eigenvalue weighted by Gasteiger charge is -2.20. The molecule has 5 heteroatoms. The number of hydrogen-bond donors (Lipinski definition) is 0. The fourth-order valence-corrected chi connectivity index (χ4v) is 3.18. The molecule has 23 heavy (non-hydrogen) atoms. The van der Waals surface area contributed by atoms with Crippen LogP contribution in [0.4, 0.5) is 0 Å². The second-order valence-electron chi connectivity index (χ2n) is 6.20. The Balaban J connectivity index is 1.75. The van der Waals surface area contributed by atoms with Gasteiger partial charge in [0, 0.05) is 33.0 Å². The molecule has 122 valence electrons. The number of rotatable bonds is 3. The Labute approximate surface area is 135 Å². The summed E-state index contributed by atoms with van der Waals surface area (Å²) in [7, 11) is 1.73. The Morgan fingerprint density at radius 3 is 2.57 bits per heavy atom. The summed E-state index contributed by atoms with van der Waals surface area (Å²) in [6.07, 6.45) is 5.54. The average Bonchev–Trinajstić information content (AvgIpc) is 2.86. The van der Waals surface area contributed by atoms with Crippen molar-refractivity contribution in [2.75, 3.05) is 13.1 Å². The van der Waals surface area contributed by atoms with Crippen LogP contribution in [0.5, 0.6) is 0 Å². The van der Waals surface area contributed by atoms with Crippen LogP contribution in [-0.4, -0.2) is 33.4 Å². The molecule has 1 saturated heterocycles. The van der Waals surface area contributed by atoms with Crippen molar-refractivity contribution in [2.45, 2.75) is 38.5 Å². The van der Waals surface area contributed by atoms with Gasteiger partial charge in [0.2, 0.25) is 5.91 Å². The number of aryl methyl sites for hydroxylation is 1. The van der Waals surface area contributed by atoms with Gasteiger partial charge in [-0.05, 0) is 25.0 Å². The van der Waals surface area contributed by atoms with Gasteiger partial charge in [-0.2, -0.15) is 0 Å². The summed E-state index contributed by atoms with van der Waals surface area (Å²) in [5.74, 6) is 0.853. The van der Waals surface area contributed by atoms with Crippen molar-refractivity contribution >= 4 is 16.8 Å². The predicted molar refractivity (Wildman–Crippen MR) is 90.4 cm³/mol. The monoisotopic (exact) mass is 313 g/mol. The van der Waals surface area contributed by atoms with Gasteiger partial charge in [0.15, 0.2) is 0 Å². The van der Waals surface area contributed by atoms with Crippen LogP contribution < -0.4 is 5.56 Å². The molecule has 0 N–H and O–H groups in total. The normalized spacial score (nSPS) is 15.6. The van der Waals surface area contributed by atoms with Crippen molar-refractivity contribution in [3.8, 4) is 0 Å². The molecule has 0 bridgehead atoms. The smallest absolute Gasteiger partial charge is 0.261 e. The van der Waals surface area contributed by atoms with Crippen molar-refractivity contribution in [3.05, 3.63) is 40.4 Å². The molecule has 3 rings (SSSR count). The van der Waals surface area contributed by atoms with Crippen molar-refractivity contribution in [1.29, 1.82) is 0 Å². The first-order valence-corrected chi connectivity index (χ1v) is 8.39. The van der Waals surface area contributed by atoms with Crippen LogP contribution in [0.2, 0.25) is 0 Å². The third-order valence-electron chi connectivity index (χ3n) is 4.60. The summed E-state index contributed by atoms with van der Waals surface area (Å²) in [6, 6.07) is 7.35. The van der Waals surface area contributed by atoms with Crippen molar-refractivity contribution in [3.63, 3.8) is 0 Å². The highest BCUT2D eigenvalue weighted by Gasteiger charge is 2.16. The van der Waals surface area contributed by atoms with Crippen molar-refractivity contribution in [2.24, 2.45) is 7.05 Å². The van der Waals surface area contributed by atoms with Crippen molar-refractivity contribution < 1.29 is 4.79 Å². The van der Waals surface area contributed by atoms with Crippen LogP contribution in [0.25, 0.3) is 10.9 Å². The Morgan fingerprint density at radius 1 is 1.13 bits per heavy atom. The highest BCUT2D eigenvalue weighted by molar-refractivity contribution is 5.78. The number of para-hydroxylation sites is 1. The number of amides is 1. The highest BCUT2D eigenvalue weighted by atomic mass is 16.2. The van der Waals surface area contributed by atoms with Gasteiger partial charge < -0.3 is 4.90 Å². The first kappa shape index (κ1) is 15.7. The molecule has 1 aromatic heterocycles. The van der Waals surface area contributed by atoms with Crippen molar-refractivity contribution in [1.82, 2.24) is 14.5 Å². The fourth-order valence-electron chi connectivity index (χ4n) is 3.18. The van der Waals surface area contributed by atoms with E-state index < -0.39 is 0 Å². The summed E-state index contributed by atoms with van der Waals surface area (Å²) in [6.45, 7) is 1.73. The number of aromatic nitrogens is 2. The molecule has 1 fully saturated rings. The molecule has 2 heterocycles. The van der Waals surface area contributed by atoms with Crippen LogP contribution >= 0.6 is 0 Å². The molecule has 0 saturated carbocycles. The van der Waals surface area contributed by atoms with Crippen LogP contribution in [0, 0.1) is 0 Å². The minimum Gasteiger partial charge on any atom is -0.343 e. The van der Waals surface area contributed by atoms with Crippen LogP contribution in [-0.2, 0) is 18.3 Å². The standard InChI is InChI=1S/C18H23N3O2/c1-20-16(19-15-9-5-4-8-14(15)18(20)23)10-11-17(22)21-12-6-2-3-7-13-21/h4-5,8-9H,2-3,6-7,10-13H2,1H3. The van der Waals surface area contributed by atoms with Gasteiger partial charge in [-0.25, -0.2) is 4.98 Å². The van der Waals surface area contributed by atoms with E-state index in [0.29, 0.717) is 29.6 Å². The lowest BCUT2D eigenvalue weighted by Crippen LogP contribution is -2.32. The number of likely N-dealkylation sites (tertiary alicyclic amines) is 1. The number of nitrogens with zero attached hydrogens (tertiary/aromatic N) is 3. The van der Waals surface area contributed by atoms with E-state index >= 15 is 0 Å². The number of hydrogen-bond acceptors (Lipinski definition) is 3. The molecular weight excluding hydrogens is 290 g/mol. The van der Waals surface area contributed by atoms with E-state index in [1.165, 1.54) is 12.8 Å². The zero-order valence-corrected chi connectivity index (χ0v) is 13.6. The summed E-state index contributed by atoms with van der Waals surface area (Å²) in [5.41, 5.74) is 0.653. The summed E-state index contributed by atoms with van der Waals surface area (Å²) < 4.78 is 1.57. The molecule has 2 aromatic rings. The number of fused-ring (bicyclic) bond motifs is 1. The van der Waals surface area contributed by atoms with Gasteiger partial charge in [0.1, 0.15) is 5.82 Å². The van der Waals surface area contributed by atoms with E-state index in [2.05, 4.69) is 4.98 Å². The maximum absolute atomic E-state index is 12.4. The molecule has 5 nitrogen and oxygen atoms in total. The van der Waals surface area contributed by atoms with E-state index in [0.717, 1.165) is 25.9 Å². The first-order valence-electron chi connectivity index (χ1n) is 8.39. The molecule has 1 amide bonds. The fraction of sp³-hybridized carbons (Fsp3) is 0.500. The maximum atomic E-state index is 12.4. The minimum atomic E-state index is -0.0483. The van der Waals surface area contributed by atoms with Crippen LogP contribution in [0.3, 0.4) is 0 Å². The van der Waals surface area contributed by atoms with Gasteiger partial charge in [-0.15, -0.1) is 0 Å². The molecule has 0 radical (unpaired) electrons. The topological polar surface area (TPSA) is 55.2 Å². The first-order chi connectivity index (χ1) is 11.2. The number of carbonyl (C=O) groups is 1. The Bertz CT molecular complexity index is 758. The molecule has 0 unspecified atom stereocenters. The zero-order chi connectivity index (χ0) is 16.2. The summed E-state index contributed by atoms with van der Waals surface area (Å²) >= 11 is 0. The second-order valence-corrected chi connectivity index (χ2v) is 6.20. The predicted octanol–water partition coefficient (Wildman–Crippen LogP) is 2.27. The van der Waals surface area contributed by atoms with E-state index in [1.54, 1.807) is 17.7 Å². The van der Waals surface area contributed by atoms with Crippen LogP contribution in [0.1, 0.15) is 37.9 Å². The van der Waals surface area contributed by atoms with Gasteiger partial charge in [-0.1, -0.05) is 25.0 Å². The van der Waals surface area contributed by atoms with E-state index in [1.807, 2.05) is 23.1 Å². The Hall–Kier alpha value is -2.17. The van der Waals surface area contributed by atoms with Gasteiger partial charge in [0.05, 0.1) is 10.9 Å². The lowest BCUT2D eigenvalue weighted by molar-refractivity contribution is -0.131. The zero-order valence-electron chi connectivity index (χ0n) is 13.6. The summed E-state index contributed by atoms with van der Waals surface area (Å²) in [5, 5.41) is 0.623. The number of carbonyl (C=O) groups excluding carboxylic acids is 1. The van der Waals surface area contributed by atoms with Gasteiger partial charge in [-0.3, -0.25) is 14.2 Å². The minimum absolute atomic E-state index is 0.0483. The number of benzene rings is 1. The van der Waals surface area contributed by atoms with Gasteiger partial charge >= 0.3 is 0 Å². The SMILES string of the molecule is Cn1c(CCC(=O)N2CCCCCC2)nc2ccccc2c1=O. The third-order valence-corrected chi connectivity index (χ3v) is 4.60. The summed E-state index contributed by atoms with van der Waals surface area (Å²) in [4.78, 5) is 31.3. The average molecular weight is 313 g/mol. The molecule has 1 aliphatic rings. The molecule has 0 spiro atoms. The van der Waals surface area contributed by atoms with E-state index in [4.69, 9.17) is 0 Å². The third kappa shape index (κ3) is 3.44.